The molecule has 0 radical (unpaired) electrons. The molecule has 0 fully saturated rings. The number of aromatic carboxylic acids is 1. The Labute approximate surface area is 137 Å². The van der Waals surface area contributed by atoms with E-state index < -0.39 is 17.2 Å². The number of hydrogen-bond donors (Lipinski definition) is 2. The van der Waals surface area contributed by atoms with Crippen molar-refractivity contribution in [3.05, 3.63) is 54.1 Å². The van der Waals surface area contributed by atoms with Gasteiger partial charge in [0, 0.05) is 16.8 Å². The van der Waals surface area contributed by atoms with Crippen LogP contribution in [0.4, 0.5) is 0 Å². The molecule has 0 aliphatic rings. The molecule has 6 nitrogen and oxygen atoms in total. The van der Waals surface area contributed by atoms with Gasteiger partial charge in [0.1, 0.15) is 5.75 Å². The third-order valence-corrected chi connectivity index (χ3v) is 2.78. The Morgan fingerprint density at radius 2 is 1.87 bits per heavy atom. The molecule has 2 aromatic rings. The molecule has 124 valence electrons. The minimum absolute atomic E-state index is 0.241. The number of benzene rings is 2. The molecular weight excluding hydrogens is 318 g/mol. The first-order chi connectivity index (χ1) is 11.0. The summed E-state index contributed by atoms with van der Waals surface area (Å²) in [7, 11) is 0. The largest absolute Gasteiger partial charge is 0.760 e. The number of rotatable bonds is 5. The topological polar surface area (TPSA) is 113 Å². The van der Waals surface area contributed by atoms with Crippen molar-refractivity contribution >= 4 is 17.2 Å². The summed E-state index contributed by atoms with van der Waals surface area (Å²) in [5.41, 5.74) is 2.18. The van der Waals surface area contributed by atoms with Crippen LogP contribution in [0.3, 0.4) is 0 Å². The molecule has 0 aromatic heterocycles. The highest BCUT2D eigenvalue weighted by Gasteiger charge is 2.10. The van der Waals surface area contributed by atoms with Crippen molar-refractivity contribution in [2.45, 2.75) is 13.3 Å². The van der Waals surface area contributed by atoms with E-state index in [9.17, 15) is 4.79 Å². The molecule has 1 unspecified atom stereocenters. The zero-order chi connectivity index (χ0) is 17.2. The fourth-order valence-corrected chi connectivity index (χ4v) is 1.84. The summed E-state index contributed by atoms with van der Waals surface area (Å²) in [6.07, 6.45) is 0.880. The van der Waals surface area contributed by atoms with Crippen LogP contribution in [-0.2, 0) is 11.3 Å². The van der Waals surface area contributed by atoms with Crippen LogP contribution in [0.5, 0.6) is 5.75 Å². The Kier molecular flexibility index (Phi) is 7.96. The Hall–Kier alpha value is -2.22. The molecule has 0 aliphatic heterocycles. The summed E-state index contributed by atoms with van der Waals surface area (Å²) < 4.78 is 23.2. The van der Waals surface area contributed by atoms with Crippen molar-refractivity contribution in [1.82, 2.24) is 0 Å². The normalized spacial score (nSPS) is 11.1. The fraction of sp³-hybridized carbons (Fsp3) is 0.188. The Balaban J connectivity index is 0.000000593. The first-order valence-corrected chi connectivity index (χ1v) is 7.98. The number of nitrogens with two attached hydrogens (primary N) is 1. The molecule has 0 amide bonds. The van der Waals surface area contributed by atoms with Crippen LogP contribution in [0.1, 0.15) is 23.7 Å². The average molecular weight is 336 g/mol. The van der Waals surface area contributed by atoms with E-state index in [1.165, 1.54) is 0 Å². The molecule has 3 N–H and O–H groups in total. The van der Waals surface area contributed by atoms with Gasteiger partial charge in [-0.1, -0.05) is 37.3 Å². The highest BCUT2D eigenvalue weighted by atomic mass is 32.2. The van der Waals surface area contributed by atoms with Gasteiger partial charge >= 0.3 is 5.97 Å². The smallest absolute Gasteiger partial charge is 0.335 e. The van der Waals surface area contributed by atoms with E-state index >= 15 is 0 Å². The monoisotopic (exact) mass is 336 g/mol. The highest BCUT2D eigenvalue weighted by Crippen LogP contribution is 2.31. The molecule has 0 saturated carbocycles. The number of ether oxygens (including phenoxy) is 1. The van der Waals surface area contributed by atoms with Crippen LogP contribution in [-0.4, -0.2) is 26.4 Å². The fourth-order valence-electron chi connectivity index (χ4n) is 1.84. The number of carbonyl (C=O) groups is 1. The predicted octanol–water partition coefficient (Wildman–Crippen LogP) is 2.58. The van der Waals surface area contributed by atoms with Gasteiger partial charge in [0.25, 0.3) is 0 Å². The molecule has 0 heterocycles. The summed E-state index contributed by atoms with van der Waals surface area (Å²) >= 11 is -2.36. The third kappa shape index (κ3) is 6.60. The van der Waals surface area contributed by atoms with E-state index in [1.54, 1.807) is 18.2 Å². The first-order valence-electron chi connectivity index (χ1n) is 6.85. The zero-order valence-electron chi connectivity index (χ0n) is 12.6. The molecule has 2 rings (SSSR count). The van der Waals surface area contributed by atoms with Crippen LogP contribution in [0.25, 0.3) is 11.1 Å². The second-order valence-corrected chi connectivity index (χ2v) is 5.01. The summed E-state index contributed by atoms with van der Waals surface area (Å²) in [5, 5.41) is 13.1. The molecular formula is C16H18NO5S-. The maximum absolute atomic E-state index is 11.0. The summed E-state index contributed by atoms with van der Waals surface area (Å²) in [5.74, 6) is -0.325. The van der Waals surface area contributed by atoms with Crippen LogP contribution in [0.2, 0.25) is 0 Å². The lowest BCUT2D eigenvalue weighted by molar-refractivity contribution is 0.0696. The van der Waals surface area contributed by atoms with Crippen molar-refractivity contribution in [1.29, 1.82) is 0 Å². The SMILES string of the molecule is CCCOc1cc(C(=O)O)ccc1-c1ccccc1.NS(=O)[O-]. The molecule has 0 saturated heterocycles. The average Bonchev–Trinajstić information content (AvgIpc) is 2.53. The van der Waals surface area contributed by atoms with Gasteiger partial charge in [-0.15, -0.1) is 0 Å². The van der Waals surface area contributed by atoms with Gasteiger partial charge in [-0.05, 0) is 30.2 Å². The molecule has 2 aromatic carbocycles. The lowest BCUT2D eigenvalue weighted by atomic mass is 10.0. The van der Waals surface area contributed by atoms with E-state index in [1.807, 2.05) is 37.3 Å². The van der Waals surface area contributed by atoms with Crippen LogP contribution < -0.4 is 9.88 Å². The van der Waals surface area contributed by atoms with Crippen molar-refractivity contribution in [2.24, 2.45) is 5.14 Å². The van der Waals surface area contributed by atoms with Gasteiger partial charge in [0.15, 0.2) is 0 Å². The Bertz CT molecular complexity index is 657. The van der Waals surface area contributed by atoms with E-state index in [2.05, 4.69) is 5.14 Å². The minimum Gasteiger partial charge on any atom is -0.760 e. The van der Waals surface area contributed by atoms with E-state index in [0.29, 0.717) is 12.4 Å². The lowest BCUT2D eigenvalue weighted by Gasteiger charge is -2.12. The quantitative estimate of drug-likeness (QED) is 0.815. The van der Waals surface area contributed by atoms with Gasteiger partial charge in [0.05, 0.1) is 12.2 Å². The minimum atomic E-state index is -2.36. The number of hydrogen-bond acceptors (Lipinski definition) is 4. The summed E-state index contributed by atoms with van der Waals surface area (Å²) in [4.78, 5) is 11.0. The summed E-state index contributed by atoms with van der Waals surface area (Å²) in [6.45, 7) is 2.59. The molecule has 7 heteroatoms. The van der Waals surface area contributed by atoms with E-state index in [-0.39, 0.29) is 5.56 Å². The van der Waals surface area contributed by atoms with Crippen LogP contribution in [0, 0.1) is 0 Å². The summed E-state index contributed by atoms with van der Waals surface area (Å²) in [6, 6.07) is 14.8. The predicted molar refractivity (Wildman–Crippen MR) is 87.7 cm³/mol. The number of carboxylic acid groups (broad SMARTS) is 1. The molecule has 0 spiro atoms. The van der Waals surface area contributed by atoms with Gasteiger partial charge in [-0.25, -0.2) is 4.79 Å². The lowest BCUT2D eigenvalue weighted by Crippen LogP contribution is -2.01. The van der Waals surface area contributed by atoms with E-state index in [0.717, 1.165) is 17.5 Å². The maximum Gasteiger partial charge on any atom is 0.335 e. The second-order valence-electron chi connectivity index (χ2n) is 4.49. The van der Waals surface area contributed by atoms with Crippen molar-refractivity contribution in [2.75, 3.05) is 6.61 Å². The van der Waals surface area contributed by atoms with Crippen LogP contribution >= 0.6 is 0 Å². The van der Waals surface area contributed by atoms with Crippen molar-refractivity contribution < 1.29 is 23.4 Å². The highest BCUT2D eigenvalue weighted by molar-refractivity contribution is 7.76. The molecule has 0 bridgehead atoms. The maximum atomic E-state index is 11.0. The first kappa shape index (κ1) is 18.8. The van der Waals surface area contributed by atoms with Gasteiger partial charge in [-0.2, -0.15) is 0 Å². The molecule has 1 atom stereocenters. The van der Waals surface area contributed by atoms with Gasteiger partial charge < -0.3 is 14.4 Å². The van der Waals surface area contributed by atoms with Crippen LogP contribution in [0.15, 0.2) is 48.5 Å². The number of carboxylic acids is 1. The van der Waals surface area contributed by atoms with Crippen molar-refractivity contribution in [3.8, 4) is 16.9 Å². The zero-order valence-corrected chi connectivity index (χ0v) is 13.4. The Morgan fingerprint density at radius 3 is 2.39 bits per heavy atom. The van der Waals surface area contributed by atoms with E-state index in [4.69, 9.17) is 18.6 Å². The molecule has 23 heavy (non-hydrogen) atoms. The van der Waals surface area contributed by atoms with Gasteiger partial charge in [-0.3, -0.25) is 9.35 Å². The Morgan fingerprint density at radius 1 is 1.26 bits per heavy atom. The standard InChI is InChI=1S/C16H16O3.H3NO2S/c1-2-10-19-15-11-13(16(17)18)8-9-14(15)12-6-4-3-5-7-12;1-4(2)3/h3-9,11H,2,10H2,1H3,(H,17,18);1H2,(H,2,3)/p-1. The van der Waals surface area contributed by atoms with Gasteiger partial charge in [0.2, 0.25) is 0 Å². The van der Waals surface area contributed by atoms with Crippen molar-refractivity contribution in [3.63, 3.8) is 0 Å². The molecule has 0 aliphatic carbocycles. The second kappa shape index (κ2) is 9.73. The third-order valence-electron chi connectivity index (χ3n) is 2.78.